The first-order valence-corrected chi connectivity index (χ1v) is 9.77. The maximum Gasteiger partial charge on any atom is 0.227 e. The van der Waals surface area contributed by atoms with Crippen LogP contribution in [0.5, 0.6) is 5.75 Å². The van der Waals surface area contributed by atoms with Crippen molar-refractivity contribution < 1.29 is 9.53 Å². The summed E-state index contributed by atoms with van der Waals surface area (Å²) in [5.41, 5.74) is 0.961. The molecule has 0 unspecified atom stereocenters. The summed E-state index contributed by atoms with van der Waals surface area (Å²) in [5.74, 6) is 1.63. The normalized spacial score (nSPS) is 14.6. The molecule has 0 atom stereocenters. The van der Waals surface area contributed by atoms with E-state index < -0.39 is 0 Å². The van der Waals surface area contributed by atoms with Gasteiger partial charge in [-0.1, -0.05) is 35.3 Å². The Hall–Kier alpha value is -1.98. The molecule has 2 aromatic rings. The van der Waals surface area contributed by atoms with Crippen molar-refractivity contribution in [2.75, 3.05) is 31.1 Å². The molecule has 1 aliphatic rings. The van der Waals surface area contributed by atoms with Gasteiger partial charge in [-0.15, -0.1) is 0 Å². The van der Waals surface area contributed by atoms with Crippen molar-refractivity contribution in [1.82, 2.24) is 9.88 Å². The Morgan fingerprint density at radius 3 is 2.59 bits per heavy atom. The highest BCUT2D eigenvalue weighted by atomic mass is 35.5. The maximum absolute atomic E-state index is 12.7. The Bertz CT molecular complexity index is 806. The van der Waals surface area contributed by atoms with Crippen LogP contribution in [-0.4, -0.2) is 48.1 Å². The molecule has 7 heteroatoms. The first kappa shape index (κ1) is 19.8. The van der Waals surface area contributed by atoms with Crippen LogP contribution in [0.15, 0.2) is 36.5 Å². The zero-order valence-electron chi connectivity index (χ0n) is 15.5. The molecular formula is C20H23Cl2N3O2. The van der Waals surface area contributed by atoms with E-state index in [4.69, 9.17) is 27.9 Å². The van der Waals surface area contributed by atoms with Crippen LogP contribution in [0.4, 0.5) is 5.82 Å². The smallest absolute Gasteiger partial charge is 0.227 e. The van der Waals surface area contributed by atoms with Crippen molar-refractivity contribution in [3.8, 4) is 5.75 Å². The molecule has 1 fully saturated rings. The number of halogens is 2. The number of pyridine rings is 1. The number of hydrogen-bond donors (Lipinski definition) is 0. The second kappa shape index (κ2) is 8.81. The molecule has 1 aliphatic heterocycles. The molecule has 5 nitrogen and oxygen atoms in total. The molecule has 1 aromatic carbocycles. The van der Waals surface area contributed by atoms with Crippen LogP contribution >= 0.6 is 23.2 Å². The quantitative estimate of drug-likeness (QED) is 0.749. The number of carbonyl (C=O) groups is 1. The van der Waals surface area contributed by atoms with Gasteiger partial charge in [-0.2, -0.15) is 0 Å². The number of hydrogen-bond acceptors (Lipinski definition) is 4. The highest BCUT2D eigenvalue weighted by Gasteiger charge is 2.23. The number of aromatic nitrogens is 1. The van der Waals surface area contributed by atoms with Gasteiger partial charge >= 0.3 is 0 Å². The van der Waals surface area contributed by atoms with Gasteiger partial charge in [0.2, 0.25) is 5.91 Å². The van der Waals surface area contributed by atoms with Crippen molar-refractivity contribution in [2.45, 2.75) is 26.4 Å². The topological polar surface area (TPSA) is 45.7 Å². The Morgan fingerprint density at radius 1 is 1.19 bits per heavy atom. The van der Waals surface area contributed by atoms with E-state index in [-0.39, 0.29) is 12.0 Å². The lowest BCUT2D eigenvalue weighted by atomic mass is 10.1. The SMILES string of the molecule is CC(C)Oc1cccc(CC(=O)N2CCN(c3ncc(Cl)cc3Cl)CC2)c1. The highest BCUT2D eigenvalue weighted by molar-refractivity contribution is 6.36. The van der Waals surface area contributed by atoms with E-state index in [0.717, 1.165) is 11.3 Å². The summed E-state index contributed by atoms with van der Waals surface area (Å²) in [6.07, 6.45) is 2.07. The minimum absolute atomic E-state index is 0.109. The fourth-order valence-corrected chi connectivity index (χ4v) is 3.59. The fourth-order valence-electron chi connectivity index (χ4n) is 3.10. The molecule has 1 aromatic heterocycles. The van der Waals surface area contributed by atoms with Gasteiger partial charge in [0.25, 0.3) is 0 Å². The average Bonchev–Trinajstić information content (AvgIpc) is 2.61. The molecule has 2 heterocycles. The van der Waals surface area contributed by atoms with Gasteiger partial charge in [0.1, 0.15) is 11.6 Å². The van der Waals surface area contributed by atoms with E-state index in [1.165, 1.54) is 0 Å². The second-order valence-electron chi connectivity index (χ2n) is 6.82. The predicted molar refractivity (Wildman–Crippen MR) is 109 cm³/mol. The van der Waals surface area contributed by atoms with Crippen molar-refractivity contribution in [3.63, 3.8) is 0 Å². The number of rotatable bonds is 5. The lowest BCUT2D eigenvalue weighted by molar-refractivity contribution is -0.130. The van der Waals surface area contributed by atoms with E-state index >= 15 is 0 Å². The first-order chi connectivity index (χ1) is 12.9. The van der Waals surface area contributed by atoms with Gasteiger partial charge in [0.05, 0.1) is 22.6 Å². The van der Waals surface area contributed by atoms with E-state index in [9.17, 15) is 4.79 Å². The summed E-state index contributed by atoms with van der Waals surface area (Å²) in [6, 6.07) is 9.42. The van der Waals surface area contributed by atoms with Gasteiger partial charge in [-0.25, -0.2) is 4.98 Å². The van der Waals surface area contributed by atoms with Crippen LogP contribution in [0.3, 0.4) is 0 Å². The molecule has 1 amide bonds. The molecule has 0 radical (unpaired) electrons. The minimum Gasteiger partial charge on any atom is -0.491 e. The third kappa shape index (κ3) is 5.27. The van der Waals surface area contributed by atoms with E-state index in [1.807, 2.05) is 43.0 Å². The molecule has 0 N–H and O–H groups in total. The molecule has 3 rings (SSSR count). The number of carbonyl (C=O) groups excluding carboxylic acids is 1. The Balaban J connectivity index is 1.57. The Labute approximate surface area is 169 Å². The monoisotopic (exact) mass is 407 g/mol. The van der Waals surface area contributed by atoms with Crippen LogP contribution in [-0.2, 0) is 11.2 Å². The maximum atomic E-state index is 12.7. The number of nitrogens with zero attached hydrogens (tertiary/aromatic N) is 3. The van der Waals surface area contributed by atoms with Crippen LogP contribution in [0.2, 0.25) is 10.0 Å². The van der Waals surface area contributed by atoms with Crippen molar-refractivity contribution in [1.29, 1.82) is 0 Å². The van der Waals surface area contributed by atoms with Crippen molar-refractivity contribution in [3.05, 3.63) is 52.1 Å². The molecule has 0 aliphatic carbocycles. The minimum atomic E-state index is 0.109. The zero-order chi connectivity index (χ0) is 19.4. The van der Waals surface area contributed by atoms with Crippen molar-refractivity contribution in [2.24, 2.45) is 0 Å². The summed E-state index contributed by atoms with van der Waals surface area (Å²) in [6.45, 7) is 6.63. The molecule has 144 valence electrons. The molecule has 0 saturated carbocycles. The lowest BCUT2D eigenvalue weighted by Crippen LogP contribution is -2.49. The summed E-state index contributed by atoms with van der Waals surface area (Å²) in [5, 5.41) is 1.05. The predicted octanol–water partition coefficient (Wildman–Crippen LogP) is 4.07. The van der Waals surface area contributed by atoms with Crippen LogP contribution in [0.25, 0.3) is 0 Å². The molecule has 1 saturated heterocycles. The number of ether oxygens (including phenoxy) is 1. The molecule has 27 heavy (non-hydrogen) atoms. The molecule has 0 bridgehead atoms. The van der Waals surface area contributed by atoms with E-state index in [2.05, 4.69) is 9.88 Å². The second-order valence-corrected chi connectivity index (χ2v) is 7.66. The average molecular weight is 408 g/mol. The molecular weight excluding hydrogens is 385 g/mol. The van der Waals surface area contributed by atoms with E-state index in [0.29, 0.717) is 48.5 Å². The van der Waals surface area contributed by atoms with Crippen molar-refractivity contribution >= 4 is 34.9 Å². The standard InChI is InChI=1S/C20H23Cl2N3O2/c1-14(2)27-17-5-3-4-15(10-17)11-19(26)24-6-8-25(9-7-24)20-18(22)12-16(21)13-23-20/h3-5,10,12-14H,6-9,11H2,1-2H3. The first-order valence-electron chi connectivity index (χ1n) is 9.02. The number of piperazine rings is 1. The number of benzene rings is 1. The summed E-state index contributed by atoms with van der Waals surface area (Å²) in [7, 11) is 0. The van der Waals surface area contributed by atoms with E-state index in [1.54, 1.807) is 12.3 Å². The fraction of sp³-hybridized carbons (Fsp3) is 0.400. The van der Waals surface area contributed by atoms with Crippen LogP contribution in [0, 0.1) is 0 Å². The summed E-state index contributed by atoms with van der Waals surface area (Å²) >= 11 is 12.1. The Kier molecular flexibility index (Phi) is 6.45. The van der Waals surface area contributed by atoms with Crippen LogP contribution < -0.4 is 9.64 Å². The summed E-state index contributed by atoms with van der Waals surface area (Å²) in [4.78, 5) is 20.9. The largest absolute Gasteiger partial charge is 0.491 e. The third-order valence-electron chi connectivity index (χ3n) is 4.35. The van der Waals surface area contributed by atoms with Gasteiger partial charge in [-0.05, 0) is 37.6 Å². The van der Waals surface area contributed by atoms with Gasteiger partial charge < -0.3 is 14.5 Å². The zero-order valence-corrected chi connectivity index (χ0v) is 17.0. The van der Waals surface area contributed by atoms with Crippen LogP contribution in [0.1, 0.15) is 19.4 Å². The lowest BCUT2D eigenvalue weighted by Gasteiger charge is -2.35. The third-order valence-corrected chi connectivity index (χ3v) is 4.83. The van der Waals surface area contributed by atoms with Gasteiger partial charge in [0, 0.05) is 32.4 Å². The summed E-state index contributed by atoms with van der Waals surface area (Å²) < 4.78 is 5.70. The highest BCUT2D eigenvalue weighted by Crippen LogP contribution is 2.27. The van der Waals surface area contributed by atoms with Gasteiger partial charge in [-0.3, -0.25) is 4.79 Å². The number of anilines is 1. The number of amides is 1. The molecule has 0 spiro atoms. The Morgan fingerprint density at radius 2 is 1.93 bits per heavy atom. The van der Waals surface area contributed by atoms with Gasteiger partial charge in [0.15, 0.2) is 0 Å².